The van der Waals surface area contributed by atoms with E-state index in [1.165, 1.54) is 0 Å². The van der Waals surface area contributed by atoms with Crippen LogP contribution in [0.5, 0.6) is 0 Å². The summed E-state index contributed by atoms with van der Waals surface area (Å²) in [4.78, 5) is 24.3. The van der Waals surface area contributed by atoms with Crippen LogP contribution in [0.2, 0.25) is 0 Å². The number of carboxylic acid groups (broad SMARTS) is 1. The van der Waals surface area contributed by atoms with E-state index in [-0.39, 0.29) is 10.2 Å². The molecule has 0 atom stereocenters. The molecule has 0 radical (unpaired) electrons. The molecule has 1 aliphatic rings. The standard InChI is InChI=1S/C15H13NO3S2/c1-10(11-5-3-2-4-6-11)7-8-12-14(19)16(9-13(17)18)15(20)21-12/h2-8H,9H2,1H3,(H,17,18). The van der Waals surface area contributed by atoms with Crippen LogP contribution in [0.3, 0.4) is 0 Å². The highest BCUT2D eigenvalue weighted by molar-refractivity contribution is 8.26. The van der Waals surface area contributed by atoms with Crippen molar-refractivity contribution in [2.45, 2.75) is 6.92 Å². The second kappa shape index (κ2) is 6.69. The Morgan fingerprint density at radius 3 is 2.67 bits per heavy atom. The molecular weight excluding hydrogens is 306 g/mol. The lowest BCUT2D eigenvalue weighted by Gasteiger charge is -2.09. The minimum atomic E-state index is -1.08. The van der Waals surface area contributed by atoms with E-state index < -0.39 is 12.5 Å². The number of thioether (sulfide) groups is 1. The minimum absolute atomic E-state index is 0.277. The maximum absolute atomic E-state index is 12.1. The fourth-order valence-electron chi connectivity index (χ4n) is 1.78. The van der Waals surface area contributed by atoms with E-state index in [0.29, 0.717) is 4.91 Å². The first-order chi connectivity index (χ1) is 9.99. The van der Waals surface area contributed by atoms with Crippen molar-refractivity contribution in [3.8, 4) is 0 Å². The molecule has 1 heterocycles. The van der Waals surface area contributed by atoms with Crippen LogP contribution in [0.1, 0.15) is 12.5 Å². The quantitative estimate of drug-likeness (QED) is 0.683. The monoisotopic (exact) mass is 319 g/mol. The van der Waals surface area contributed by atoms with Crippen molar-refractivity contribution in [3.63, 3.8) is 0 Å². The Hall–Kier alpha value is -1.92. The molecule has 1 saturated heterocycles. The van der Waals surface area contributed by atoms with Crippen molar-refractivity contribution >= 4 is 45.7 Å². The molecule has 1 aromatic rings. The van der Waals surface area contributed by atoms with E-state index in [9.17, 15) is 9.59 Å². The molecule has 1 fully saturated rings. The Labute approximate surface area is 132 Å². The second-order valence-corrected chi connectivity index (χ2v) is 6.08. The van der Waals surface area contributed by atoms with E-state index in [1.807, 2.05) is 43.3 Å². The normalized spacial score (nSPS) is 17.7. The van der Waals surface area contributed by atoms with Gasteiger partial charge >= 0.3 is 5.97 Å². The van der Waals surface area contributed by atoms with Crippen molar-refractivity contribution in [2.75, 3.05) is 6.54 Å². The summed E-state index contributed by atoms with van der Waals surface area (Å²) in [5.74, 6) is -1.44. The second-order valence-electron chi connectivity index (χ2n) is 4.40. The summed E-state index contributed by atoms with van der Waals surface area (Å²) in [6.07, 6.45) is 3.52. The predicted molar refractivity (Wildman–Crippen MR) is 87.7 cm³/mol. The van der Waals surface area contributed by atoms with Gasteiger partial charge in [0.05, 0.1) is 4.91 Å². The molecule has 108 valence electrons. The molecule has 4 nitrogen and oxygen atoms in total. The number of hydrogen-bond donors (Lipinski definition) is 1. The maximum Gasteiger partial charge on any atom is 0.323 e. The number of aliphatic carboxylic acids is 1. The van der Waals surface area contributed by atoms with Gasteiger partial charge in [0.2, 0.25) is 0 Å². The molecular formula is C15H13NO3S2. The Kier molecular flexibility index (Phi) is 4.93. The average molecular weight is 319 g/mol. The lowest BCUT2D eigenvalue weighted by atomic mass is 10.1. The lowest BCUT2D eigenvalue weighted by molar-refractivity contribution is -0.140. The van der Waals surface area contributed by atoms with Crippen LogP contribution in [0, 0.1) is 0 Å². The Morgan fingerprint density at radius 2 is 2.05 bits per heavy atom. The number of benzene rings is 1. The zero-order chi connectivity index (χ0) is 15.4. The number of nitrogens with zero attached hydrogens (tertiary/aromatic N) is 1. The Morgan fingerprint density at radius 1 is 1.38 bits per heavy atom. The van der Waals surface area contributed by atoms with E-state index in [4.69, 9.17) is 17.3 Å². The first-order valence-electron chi connectivity index (χ1n) is 6.18. The highest BCUT2D eigenvalue weighted by atomic mass is 32.2. The van der Waals surface area contributed by atoms with Gasteiger partial charge in [-0.05, 0) is 24.1 Å². The molecule has 0 aromatic heterocycles. The third-order valence-corrected chi connectivity index (χ3v) is 4.28. The fourth-order valence-corrected chi connectivity index (χ4v) is 2.98. The van der Waals surface area contributed by atoms with Crippen LogP contribution in [0.15, 0.2) is 47.4 Å². The molecule has 1 aliphatic heterocycles. The van der Waals surface area contributed by atoms with Gasteiger partial charge in [-0.2, -0.15) is 0 Å². The summed E-state index contributed by atoms with van der Waals surface area (Å²) < 4.78 is 0.277. The topological polar surface area (TPSA) is 57.6 Å². The zero-order valence-electron chi connectivity index (χ0n) is 11.3. The van der Waals surface area contributed by atoms with Crippen molar-refractivity contribution in [3.05, 3.63) is 53.0 Å². The van der Waals surface area contributed by atoms with Gasteiger partial charge in [-0.1, -0.05) is 60.4 Å². The first kappa shape index (κ1) is 15.5. The summed E-state index contributed by atoms with van der Waals surface area (Å²) in [6, 6.07) is 9.79. The molecule has 0 unspecified atom stereocenters. The molecule has 0 aliphatic carbocycles. The Balaban J connectivity index is 2.17. The fraction of sp³-hybridized carbons (Fsp3) is 0.133. The van der Waals surface area contributed by atoms with Gasteiger partial charge in [-0.15, -0.1) is 0 Å². The molecule has 21 heavy (non-hydrogen) atoms. The molecule has 1 amide bonds. The largest absolute Gasteiger partial charge is 0.480 e. The van der Waals surface area contributed by atoms with Crippen LogP contribution >= 0.6 is 24.0 Å². The van der Waals surface area contributed by atoms with Crippen molar-refractivity contribution in [2.24, 2.45) is 0 Å². The highest BCUT2D eigenvalue weighted by Gasteiger charge is 2.32. The van der Waals surface area contributed by atoms with Gasteiger partial charge in [0.15, 0.2) is 0 Å². The summed E-state index contributed by atoms with van der Waals surface area (Å²) in [5, 5.41) is 8.77. The molecule has 0 spiro atoms. The van der Waals surface area contributed by atoms with Gasteiger partial charge in [-0.3, -0.25) is 14.5 Å². The maximum atomic E-state index is 12.1. The minimum Gasteiger partial charge on any atom is -0.480 e. The third kappa shape index (κ3) is 3.80. The average Bonchev–Trinajstić information content (AvgIpc) is 2.73. The van der Waals surface area contributed by atoms with Crippen molar-refractivity contribution in [1.82, 2.24) is 4.90 Å². The molecule has 2 rings (SSSR count). The van der Waals surface area contributed by atoms with Crippen molar-refractivity contribution in [1.29, 1.82) is 0 Å². The number of allylic oxidation sites excluding steroid dienone is 3. The SMILES string of the molecule is CC(=CC=C1SC(=S)N(CC(=O)O)C1=O)c1ccccc1. The van der Waals surface area contributed by atoms with E-state index in [2.05, 4.69) is 0 Å². The lowest BCUT2D eigenvalue weighted by Crippen LogP contribution is -2.33. The van der Waals surface area contributed by atoms with Gasteiger partial charge in [0.25, 0.3) is 5.91 Å². The number of thiocarbonyl (C=S) groups is 1. The first-order valence-corrected chi connectivity index (χ1v) is 7.41. The van der Waals surface area contributed by atoms with Gasteiger partial charge in [0, 0.05) is 0 Å². The van der Waals surface area contributed by atoms with Crippen LogP contribution in [-0.2, 0) is 9.59 Å². The summed E-state index contributed by atoms with van der Waals surface area (Å²) in [5.41, 5.74) is 2.08. The molecule has 1 N–H and O–H groups in total. The predicted octanol–water partition coefficient (Wildman–Crippen LogP) is 2.92. The summed E-state index contributed by atoms with van der Waals surface area (Å²) >= 11 is 6.15. The highest BCUT2D eigenvalue weighted by Crippen LogP contribution is 2.31. The number of carbonyl (C=O) groups is 2. The smallest absolute Gasteiger partial charge is 0.323 e. The van der Waals surface area contributed by atoms with Crippen LogP contribution in [-0.4, -0.2) is 32.7 Å². The number of rotatable bonds is 4. The molecule has 1 aromatic carbocycles. The van der Waals surface area contributed by atoms with E-state index in [1.54, 1.807) is 6.08 Å². The molecule has 6 heteroatoms. The summed E-state index contributed by atoms with van der Waals surface area (Å²) in [7, 11) is 0. The van der Waals surface area contributed by atoms with E-state index in [0.717, 1.165) is 27.8 Å². The van der Waals surface area contributed by atoms with Crippen LogP contribution in [0.25, 0.3) is 5.57 Å². The van der Waals surface area contributed by atoms with Gasteiger partial charge < -0.3 is 5.11 Å². The number of carbonyl (C=O) groups excluding carboxylic acids is 1. The molecule has 0 bridgehead atoms. The number of carboxylic acids is 1. The number of amides is 1. The summed E-state index contributed by atoms with van der Waals surface area (Å²) in [6.45, 7) is 1.55. The van der Waals surface area contributed by atoms with Crippen molar-refractivity contribution < 1.29 is 14.7 Å². The Bertz CT molecular complexity index is 650. The van der Waals surface area contributed by atoms with Crippen LogP contribution in [0.4, 0.5) is 0 Å². The van der Waals surface area contributed by atoms with Gasteiger partial charge in [-0.25, -0.2) is 0 Å². The zero-order valence-corrected chi connectivity index (χ0v) is 12.9. The third-order valence-electron chi connectivity index (χ3n) is 2.88. The molecule has 0 saturated carbocycles. The number of hydrogen-bond acceptors (Lipinski definition) is 4. The van der Waals surface area contributed by atoms with Crippen LogP contribution < -0.4 is 0 Å². The van der Waals surface area contributed by atoms with Gasteiger partial charge in [0.1, 0.15) is 10.9 Å². The van der Waals surface area contributed by atoms with E-state index >= 15 is 0 Å².